The van der Waals surface area contributed by atoms with Crippen molar-refractivity contribution < 1.29 is 9.60 Å². The zero-order valence-corrected chi connectivity index (χ0v) is 11.4. The Hall–Kier alpha value is -2.41. The van der Waals surface area contributed by atoms with Crippen LogP contribution in [0.5, 0.6) is 0 Å². The summed E-state index contributed by atoms with van der Waals surface area (Å²) < 4.78 is 53.8. The van der Waals surface area contributed by atoms with Gasteiger partial charge in [0, 0.05) is 21.4 Å². The van der Waals surface area contributed by atoms with Gasteiger partial charge in [-0.05, 0) is 34.7 Å². The predicted molar refractivity (Wildman–Crippen MR) is 89.2 cm³/mol. The lowest BCUT2D eigenvalue weighted by molar-refractivity contribution is 0.867. The van der Waals surface area contributed by atoms with Crippen molar-refractivity contribution in [2.24, 2.45) is 0 Å². The van der Waals surface area contributed by atoms with Gasteiger partial charge in [-0.1, -0.05) is 68.3 Å². The number of aromatic nitrogens is 1. The van der Waals surface area contributed by atoms with Crippen molar-refractivity contribution >= 4 is 0 Å². The Kier molecular flexibility index (Phi) is 2.13. The highest BCUT2D eigenvalue weighted by Gasteiger charge is 2.04. The van der Waals surface area contributed by atoms with E-state index in [9.17, 15) is 0 Å². The van der Waals surface area contributed by atoms with E-state index in [0.717, 1.165) is 22.4 Å². The largest absolute Gasteiger partial charge is 0.256 e. The Balaban J connectivity index is 2.00. The van der Waals surface area contributed by atoms with Crippen molar-refractivity contribution in [2.45, 2.75) is 19.6 Å². The van der Waals surface area contributed by atoms with Crippen LogP contribution in [0.15, 0.2) is 72.9 Å². The fourth-order valence-electron chi connectivity index (χ4n) is 2.21. The molecule has 3 rings (SSSR count). The van der Waals surface area contributed by atoms with E-state index >= 15 is 0 Å². The van der Waals surface area contributed by atoms with Crippen LogP contribution in [0.3, 0.4) is 0 Å². The van der Waals surface area contributed by atoms with Gasteiger partial charge in [0.2, 0.25) is 0 Å². The Labute approximate surface area is 136 Å². The second-order valence-corrected chi connectivity index (χ2v) is 4.75. The van der Waals surface area contributed by atoms with Crippen LogP contribution in [0.25, 0.3) is 22.4 Å². The van der Waals surface area contributed by atoms with Crippen molar-refractivity contribution in [1.82, 2.24) is 4.98 Å². The summed E-state index contributed by atoms with van der Waals surface area (Å²) in [6.45, 7) is -5.98. The first-order valence-electron chi connectivity index (χ1n) is 10.2. The Bertz CT molecular complexity index is 931. The molecule has 1 nitrogen and oxygen atoms in total. The average molecular weight is 280 g/mol. The second-order valence-electron chi connectivity index (χ2n) is 4.75. The number of rotatable bonds is 3. The van der Waals surface area contributed by atoms with Crippen LogP contribution >= 0.6 is 0 Å². The monoisotopic (exact) mass is 280 g/mol. The minimum absolute atomic E-state index is 0.0615. The molecule has 0 aliphatic carbocycles. The van der Waals surface area contributed by atoms with E-state index in [0.29, 0.717) is 0 Å². The molecule has 2 aromatic carbocycles. The summed E-state index contributed by atoms with van der Waals surface area (Å²) in [6.07, 6.45) is 1.69. The maximum atomic E-state index is 8.25. The molecule has 1 heteroatoms. The molecule has 0 unspecified atom stereocenters. The van der Waals surface area contributed by atoms with E-state index < -0.39 is 19.6 Å². The van der Waals surface area contributed by atoms with Crippen molar-refractivity contribution in [3.63, 3.8) is 0 Å². The van der Waals surface area contributed by atoms with Gasteiger partial charge in [0.15, 0.2) is 0 Å². The molecule has 1 heterocycles. The van der Waals surface area contributed by atoms with E-state index in [-0.39, 0.29) is 5.56 Å². The van der Waals surface area contributed by atoms with Crippen molar-refractivity contribution in [2.75, 3.05) is 0 Å². The number of nitrogens with zero attached hydrogens (tertiary/aromatic N) is 1. The van der Waals surface area contributed by atoms with E-state index in [2.05, 4.69) is 4.98 Å². The molecule has 104 valence electrons. The van der Waals surface area contributed by atoms with Crippen LogP contribution in [0.2, 0.25) is 0 Å². The topological polar surface area (TPSA) is 12.9 Å². The molecule has 3 aromatic rings. The zero-order valence-electron chi connectivity index (χ0n) is 18.4. The highest BCUT2D eigenvalue weighted by atomic mass is 14.7. The summed E-state index contributed by atoms with van der Waals surface area (Å²) >= 11 is 0. The fourth-order valence-corrected chi connectivity index (χ4v) is 2.21. The first kappa shape index (κ1) is 7.56. The van der Waals surface area contributed by atoms with Gasteiger partial charge in [-0.15, -0.1) is 0 Å². The molecule has 0 radical (unpaired) electrons. The Morgan fingerprint density at radius 3 is 2.33 bits per heavy atom. The van der Waals surface area contributed by atoms with E-state index in [4.69, 9.17) is 9.60 Å². The van der Waals surface area contributed by atoms with Crippen LogP contribution in [0.1, 0.15) is 34.8 Å². The highest BCUT2D eigenvalue weighted by molar-refractivity contribution is 5.70. The molecule has 21 heavy (non-hydrogen) atoms. The van der Waals surface area contributed by atoms with Crippen LogP contribution in [-0.2, 0) is 0 Å². The normalized spacial score (nSPS) is 17.4. The second kappa shape index (κ2) is 5.92. The average Bonchev–Trinajstić information content (AvgIpc) is 2.66. The van der Waals surface area contributed by atoms with Gasteiger partial charge in [-0.25, -0.2) is 0 Å². The molecule has 0 atom stereocenters. The number of hydrogen-bond acceptors (Lipinski definition) is 1. The van der Waals surface area contributed by atoms with Crippen LogP contribution in [0, 0.1) is 0 Å². The van der Waals surface area contributed by atoms with Gasteiger partial charge in [-0.3, -0.25) is 4.98 Å². The summed E-state index contributed by atoms with van der Waals surface area (Å²) in [4.78, 5) is 4.38. The third-order valence-electron chi connectivity index (χ3n) is 3.34. The molecule has 0 N–H and O–H groups in total. The quantitative estimate of drug-likeness (QED) is 0.614. The standard InChI is InChI=1S/C20H19N/c1-15(2)16-8-10-17(11-9-16)19-12-13-21-20(14-19)18-6-4-3-5-7-18/h3-15H,1-2H3/i1D3,2D3,15D. The third-order valence-corrected chi connectivity index (χ3v) is 3.34. The van der Waals surface area contributed by atoms with Gasteiger partial charge >= 0.3 is 0 Å². The summed E-state index contributed by atoms with van der Waals surface area (Å²) in [6, 6.07) is 19.5. The Morgan fingerprint density at radius 2 is 1.62 bits per heavy atom. The summed E-state index contributed by atoms with van der Waals surface area (Å²) in [7, 11) is 0. The van der Waals surface area contributed by atoms with Crippen LogP contribution in [-0.4, -0.2) is 4.98 Å². The molecule has 0 spiro atoms. The maximum absolute atomic E-state index is 8.25. The SMILES string of the molecule is [2H]C([2H])([2H])C([2H])(c1ccc(-c2ccnc(-c3ccccc3)c2)cc1)C([2H])([2H])[2H]. The van der Waals surface area contributed by atoms with E-state index in [1.807, 2.05) is 42.5 Å². The number of pyridine rings is 1. The Morgan fingerprint density at radius 1 is 0.857 bits per heavy atom. The molecule has 0 amide bonds. The first-order chi connectivity index (χ1) is 13.0. The molecule has 0 aliphatic rings. The molecule has 0 saturated carbocycles. The fraction of sp³-hybridized carbons (Fsp3) is 0.150. The van der Waals surface area contributed by atoms with E-state index in [1.54, 1.807) is 18.3 Å². The zero-order chi connectivity index (χ0) is 20.6. The third kappa shape index (κ3) is 3.03. The molecular weight excluding hydrogens is 254 g/mol. The van der Waals surface area contributed by atoms with Gasteiger partial charge in [0.1, 0.15) is 0 Å². The minimum Gasteiger partial charge on any atom is -0.256 e. The van der Waals surface area contributed by atoms with Crippen molar-refractivity contribution in [3.8, 4) is 22.4 Å². The van der Waals surface area contributed by atoms with Gasteiger partial charge < -0.3 is 0 Å². The summed E-state index contributed by atoms with van der Waals surface area (Å²) in [5.41, 5.74) is 3.34. The summed E-state index contributed by atoms with van der Waals surface area (Å²) in [5, 5.41) is 0. The van der Waals surface area contributed by atoms with Crippen LogP contribution in [0.4, 0.5) is 0 Å². The lowest BCUT2D eigenvalue weighted by Crippen LogP contribution is -1.88. The molecule has 0 bridgehead atoms. The molecule has 0 aliphatic heterocycles. The maximum Gasteiger partial charge on any atom is 0.0708 e. The smallest absolute Gasteiger partial charge is 0.0708 e. The van der Waals surface area contributed by atoms with Gasteiger partial charge in [0.25, 0.3) is 0 Å². The van der Waals surface area contributed by atoms with Crippen molar-refractivity contribution in [1.29, 1.82) is 0 Å². The number of hydrogen-bond donors (Lipinski definition) is 0. The first-order valence-corrected chi connectivity index (χ1v) is 6.66. The van der Waals surface area contributed by atoms with E-state index in [1.165, 1.54) is 12.1 Å². The van der Waals surface area contributed by atoms with Crippen molar-refractivity contribution in [3.05, 3.63) is 78.5 Å². The van der Waals surface area contributed by atoms with Gasteiger partial charge in [-0.2, -0.15) is 0 Å². The van der Waals surface area contributed by atoms with Crippen LogP contribution < -0.4 is 0 Å². The summed E-state index contributed by atoms with van der Waals surface area (Å²) in [5.74, 6) is -2.69. The predicted octanol–water partition coefficient (Wildman–Crippen LogP) is 5.54. The minimum atomic E-state index is -2.99. The molecule has 1 aromatic heterocycles. The lowest BCUT2D eigenvalue weighted by Gasteiger charge is -2.08. The molecular formula is C20H19N. The molecule has 0 saturated heterocycles. The molecule has 0 fully saturated rings. The number of benzene rings is 2. The van der Waals surface area contributed by atoms with Gasteiger partial charge in [0.05, 0.1) is 5.69 Å². The lowest BCUT2D eigenvalue weighted by atomic mass is 9.98. The highest BCUT2D eigenvalue weighted by Crippen LogP contribution is 2.26.